The Morgan fingerprint density at radius 3 is 2.68 bits per heavy atom. The van der Waals surface area contributed by atoms with Gasteiger partial charge in [-0.3, -0.25) is 14.3 Å². The van der Waals surface area contributed by atoms with Crippen LogP contribution in [0, 0.1) is 17.6 Å². The van der Waals surface area contributed by atoms with E-state index in [1.165, 1.54) is 17.0 Å². The minimum Gasteiger partial charge on any atom is -0.354 e. The van der Waals surface area contributed by atoms with E-state index < -0.39 is 11.6 Å². The molecule has 11 heteroatoms. The normalized spacial score (nSPS) is 17.2. The number of carbonyl (C=O) groups excluding carboxylic acids is 2. The summed E-state index contributed by atoms with van der Waals surface area (Å²) in [6, 6.07) is 3.39. The van der Waals surface area contributed by atoms with Crippen molar-refractivity contribution in [3.05, 3.63) is 59.2 Å². The highest BCUT2D eigenvalue weighted by Gasteiger charge is 2.34. The van der Waals surface area contributed by atoms with Gasteiger partial charge in [-0.05, 0) is 12.5 Å². The quantitative estimate of drug-likeness (QED) is 0.526. The lowest BCUT2D eigenvalue weighted by atomic mass is 10.1. The SMILES string of the molecule is CC(=O)N1CCc2nc(N3CCC(C(=O)N(C)Cc4ccc(F)cc4F)C3)c(-c3cnn(C)c3)nc2C1. The number of amides is 2. The number of fused-ring (bicyclic) bond motifs is 1. The third-order valence-corrected chi connectivity index (χ3v) is 7.05. The number of nitrogens with zero attached hydrogens (tertiary/aromatic N) is 7. The van der Waals surface area contributed by atoms with E-state index in [1.807, 2.05) is 13.2 Å². The van der Waals surface area contributed by atoms with Crippen LogP contribution < -0.4 is 4.90 Å². The largest absolute Gasteiger partial charge is 0.354 e. The number of hydrogen-bond donors (Lipinski definition) is 0. The zero-order chi connectivity index (χ0) is 26.3. The molecule has 2 aromatic heterocycles. The summed E-state index contributed by atoms with van der Waals surface area (Å²) < 4.78 is 29.1. The van der Waals surface area contributed by atoms with Gasteiger partial charge >= 0.3 is 0 Å². The van der Waals surface area contributed by atoms with Crippen LogP contribution in [-0.2, 0) is 36.1 Å². The summed E-state index contributed by atoms with van der Waals surface area (Å²) in [5.74, 6) is -0.998. The van der Waals surface area contributed by atoms with E-state index >= 15 is 0 Å². The Morgan fingerprint density at radius 1 is 1.16 bits per heavy atom. The third-order valence-electron chi connectivity index (χ3n) is 7.05. The van der Waals surface area contributed by atoms with E-state index in [1.54, 1.807) is 29.7 Å². The van der Waals surface area contributed by atoms with Crippen molar-refractivity contribution in [3.63, 3.8) is 0 Å². The molecular formula is C26H29F2N7O2. The molecule has 0 bridgehead atoms. The van der Waals surface area contributed by atoms with E-state index in [4.69, 9.17) is 9.97 Å². The van der Waals surface area contributed by atoms with E-state index in [2.05, 4.69) is 10.00 Å². The van der Waals surface area contributed by atoms with Gasteiger partial charge in [0.25, 0.3) is 0 Å². The van der Waals surface area contributed by atoms with E-state index in [0.717, 1.165) is 23.0 Å². The molecule has 3 aromatic rings. The Balaban J connectivity index is 1.38. The Bertz CT molecular complexity index is 1360. The molecule has 194 valence electrons. The molecule has 1 saturated heterocycles. The van der Waals surface area contributed by atoms with Gasteiger partial charge in [-0.2, -0.15) is 5.10 Å². The smallest absolute Gasteiger partial charge is 0.227 e. The Labute approximate surface area is 213 Å². The summed E-state index contributed by atoms with van der Waals surface area (Å²) >= 11 is 0. The zero-order valence-corrected chi connectivity index (χ0v) is 21.1. The number of aryl methyl sites for hydroxylation is 1. The third kappa shape index (κ3) is 5.03. The Kier molecular flexibility index (Phi) is 6.61. The maximum atomic E-state index is 14.1. The second-order valence-electron chi connectivity index (χ2n) is 9.74. The highest BCUT2D eigenvalue weighted by atomic mass is 19.1. The van der Waals surface area contributed by atoms with Crippen molar-refractivity contribution in [1.29, 1.82) is 0 Å². The van der Waals surface area contributed by atoms with Gasteiger partial charge in [0.2, 0.25) is 11.8 Å². The van der Waals surface area contributed by atoms with Gasteiger partial charge in [0.1, 0.15) is 17.3 Å². The highest BCUT2D eigenvalue weighted by Crippen LogP contribution is 2.34. The first-order valence-corrected chi connectivity index (χ1v) is 12.3. The molecule has 2 aliphatic heterocycles. The molecule has 37 heavy (non-hydrogen) atoms. The molecule has 0 saturated carbocycles. The molecule has 0 N–H and O–H groups in total. The van der Waals surface area contributed by atoms with Gasteiger partial charge < -0.3 is 14.7 Å². The van der Waals surface area contributed by atoms with Crippen LogP contribution in [-0.4, -0.2) is 68.0 Å². The molecule has 1 atom stereocenters. The molecule has 0 spiro atoms. The fraction of sp³-hybridized carbons (Fsp3) is 0.423. The molecule has 9 nitrogen and oxygen atoms in total. The average Bonchev–Trinajstić information content (AvgIpc) is 3.53. The average molecular weight is 510 g/mol. The molecule has 1 unspecified atom stereocenters. The predicted molar refractivity (Wildman–Crippen MR) is 132 cm³/mol. The maximum Gasteiger partial charge on any atom is 0.227 e. The van der Waals surface area contributed by atoms with Crippen LogP contribution in [0.15, 0.2) is 30.6 Å². The molecule has 0 radical (unpaired) electrons. The standard InChI is InChI=1S/C26H29F2N7O2/c1-16(36)34-9-7-22-23(15-34)30-24(19-11-29-33(3)13-19)25(31-22)35-8-6-18(14-35)26(37)32(2)12-17-4-5-20(27)10-21(17)28/h4-5,10-11,13,18H,6-9,12,14-15H2,1-3H3. The summed E-state index contributed by atoms with van der Waals surface area (Å²) in [5, 5.41) is 4.29. The second-order valence-corrected chi connectivity index (χ2v) is 9.74. The number of carbonyl (C=O) groups is 2. The van der Waals surface area contributed by atoms with Crippen molar-refractivity contribution in [3.8, 4) is 11.3 Å². The fourth-order valence-corrected chi connectivity index (χ4v) is 5.00. The predicted octanol–water partition coefficient (Wildman–Crippen LogP) is 2.54. The van der Waals surface area contributed by atoms with Crippen molar-refractivity contribution in [1.82, 2.24) is 29.5 Å². The summed E-state index contributed by atoms with van der Waals surface area (Å²) in [6.45, 7) is 3.70. The van der Waals surface area contributed by atoms with Crippen LogP contribution >= 0.6 is 0 Å². The number of aromatic nitrogens is 4. The molecule has 4 heterocycles. The van der Waals surface area contributed by atoms with Gasteiger partial charge in [0.15, 0.2) is 5.82 Å². The summed E-state index contributed by atoms with van der Waals surface area (Å²) in [6.07, 6.45) is 4.84. The lowest BCUT2D eigenvalue weighted by Crippen LogP contribution is -2.36. The topological polar surface area (TPSA) is 87.5 Å². The summed E-state index contributed by atoms with van der Waals surface area (Å²) in [7, 11) is 3.46. The number of hydrogen-bond acceptors (Lipinski definition) is 6. The minimum absolute atomic E-state index is 0.00462. The lowest BCUT2D eigenvalue weighted by Gasteiger charge is -2.29. The fourth-order valence-electron chi connectivity index (χ4n) is 5.00. The summed E-state index contributed by atoms with van der Waals surface area (Å²) in [5.41, 5.74) is 3.39. The molecule has 5 rings (SSSR count). The second kappa shape index (κ2) is 9.87. The van der Waals surface area contributed by atoms with Crippen molar-refractivity contribution in [2.45, 2.75) is 32.9 Å². The molecule has 1 aromatic carbocycles. The van der Waals surface area contributed by atoms with E-state index in [9.17, 15) is 18.4 Å². The molecule has 0 aliphatic carbocycles. The minimum atomic E-state index is -0.665. The monoisotopic (exact) mass is 509 g/mol. The van der Waals surface area contributed by atoms with Gasteiger partial charge in [0.05, 0.1) is 30.0 Å². The van der Waals surface area contributed by atoms with Gasteiger partial charge in [-0.1, -0.05) is 6.07 Å². The molecule has 2 amide bonds. The van der Waals surface area contributed by atoms with Crippen LogP contribution in [0.2, 0.25) is 0 Å². The number of anilines is 1. The van der Waals surface area contributed by atoms with Crippen molar-refractivity contribution in [2.24, 2.45) is 13.0 Å². The van der Waals surface area contributed by atoms with E-state index in [-0.39, 0.29) is 29.8 Å². The first-order valence-electron chi connectivity index (χ1n) is 12.3. The van der Waals surface area contributed by atoms with Crippen LogP contribution in [0.5, 0.6) is 0 Å². The summed E-state index contributed by atoms with van der Waals surface area (Å²) in [4.78, 5) is 40.4. The van der Waals surface area contributed by atoms with Crippen LogP contribution in [0.25, 0.3) is 11.3 Å². The number of halogens is 2. The molecular weight excluding hydrogens is 480 g/mol. The molecule has 2 aliphatic rings. The van der Waals surface area contributed by atoms with Gasteiger partial charge in [0, 0.05) is 77.0 Å². The zero-order valence-electron chi connectivity index (χ0n) is 21.1. The van der Waals surface area contributed by atoms with Crippen LogP contribution in [0.4, 0.5) is 14.6 Å². The number of rotatable bonds is 5. The highest BCUT2D eigenvalue weighted by molar-refractivity contribution is 5.81. The van der Waals surface area contributed by atoms with Crippen molar-refractivity contribution >= 4 is 17.6 Å². The lowest BCUT2D eigenvalue weighted by molar-refractivity contribution is -0.134. The number of benzene rings is 1. The Morgan fingerprint density at radius 2 is 1.97 bits per heavy atom. The Hall–Kier alpha value is -3.89. The van der Waals surface area contributed by atoms with Crippen molar-refractivity contribution < 1.29 is 18.4 Å². The van der Waals surface area contributed by atoms with Crippen molar-refractivity contribution in [2.75, 3.05) is 31.6 Å². The maximum absolute atomic E-state index is 14.1. The first-order chi connectivity index (χ1) is 17.7. The first kappa shape index (κ1) is 24.8. The van der Waals surface area contributed by atoms with E-state index in [0.29, 0.717) is 50.5 Å². The molecule has 1 fully saturated rings. The van der Waals surface area contributed by atoms with Gasteiger partial charge in [-0.15, -0.1) is 0 Å². The van der Waals surface area contributed by atoms with Crippen LogP contribution in [0.1, 0.15) is 30.3 Å². The van der Waals surface area contributed by atoms with Gasteiger partial charge in [-0.25, -0.2) is 18.7 Å². The van der Waals surface area contributed by atoms with Crippen LogP contribution in [0.3, 0.4) is 0 Å².